The predicted molar refractivity (Wildman–Crippen MR) is 78.8 cm³/mol. The minimum Gasteiger partial charge on any atom is -0.294 e. The van der Waals surface area contributed by atoms with Crippen LogP contribution in [0.25, 0.3) is 11.0 Å². The first-order valence-corrected chi connectivity index (χ1v) is 6.52. The van der Waals surface area contributed by atoms with Crippen LogP contribution in [-0.4, -0.2) is 15.8 Å². The second-order valence-electron chi connectivity index (χ2n) is 4.82. The molecule has 3 rings (SSSR count). The van der Waals surface area contributed by atoms with Crippen LogP contribution in [0.4, 0.5) is 0 Å². The Morgan fingerprint density at radius 2 is 1.85 bits per heavy atom. The molecule has 0 bridgehead atoms. The van der Waals surface area contributed by atoms with Crippen molar-refractivity contribution >= 4 is 16.8 Å². The fraction of sp³-hybridized carbons (Fsp3) is 0.118. The summed E-state index contributed by atoms with van der Waals surface area (Å²) in [4.78, 5) is 21.0. The van der Waals surface area contributed by atoms with E-state index >= 15 is 0 Å². The van der Waals surface area contributed by atoms with E-state index in [9.17, 15) is 4.79 Å². The van der Waals surface area contributed by atoms with Crippen molar-refractivity contribution in [3.63, 3.8) is 0 Å². The van der Waals surface area contributed by atoms with E-state index in [2.05, 4.69) is 9.97 Å². The number of aromatic nitrogens is 2. The summed E-state index contributed by atoms with van der Waals surface area (Å²) in [6.45, 7) is 2.03. The highest BCUT2D eigenvalue weighted by Gasteiger charge is 2.12. The van der Waals surface area contributed by atoms with Gasteiger partial charge in [0.2, 0.25) is 0 Å². The molecule has 0 N–H and O–H groups in total. The zero-order valence-corrected chi connectivity index (χ0v) is 11.2. The Labute approximate surface area is 117 Å². The van der Waals surface area contributed by atoms with Crippen LogP contribution in [0.5, 0.6) is 0 Å². The number of benzene rings is 2. The molecule has 0 aliphatic rings. The first-order valence-electron chi connectivity index (χ1n) is 6.52. The Kier molecular flexibility index (Phi) is 3.25. The van der Waals surface area contributed by atoms with Gasteiger partial charge >= 0.3 is 0 Å². The van der Waals surface area contributed by atoms with E-state index in [1.165, 1.54) is 0 Å². The molecule has 0 radical (unpaired) electrons. The van der Waals surface area contributed by atoms with E-state index < -0.39 is 0 Å². The van der Waals surface area contributed by atoms with Gasteiger partial charge in [-0.2, -0.15) is 0 Å². The van der Waals surface area contributed by atoms with Crippen molar-refractivity contribution in [2.45, 2.75) is 13.3 Å². The maximum absolute atomic E-state index is 12.5. The second-order valence-corrected chi connectivity index (χ2v) is 4.82. The number of aryl methyl sites for hydroxylation is 1. The third-order valence-electron chi connectivity index (χ3n) is 3.25. The van der Waals surface area contributed by atoms with Gasteiger partial charge in [-0.05, 0) is 24.6 Å². The lowest BCUT2D eigenvalue weighted by Gasteiger charge is -2.05. The van der Waals surface area contributed by atoms with Crippen LogP contribution in [0, 0.1) is 6.92 Å². The standard InChI is InChI=1S/C17H14N2O/c1-12-4-2-5-13(10-12)11-16(20)14-6-3-7-15-17(14)19-9-8-18-15/h2-10H,11H2,1H3. The van der Waals surface area contributed by atoms with Gasteiger partial charge in [0, 0.05) is 24.4 Å². The van der Waals surface area contributed by atoms with Gasteiger partial charge in [-0.1, -0.05) is 35.9 Å². The number of ketones is 1. The van der Waals surface area contributed by atoms with Crippen molar-refractivity contribution in [2.24, 2.45) is 0 Å². The summed E-state index contributed by atoms with van der Waals surface area (Å²) in [5.74, 6) is 0.0710. The zero-order chi connectivity index (χ0) is 13.9. The lowest BCUT2D eigenvalue weighted by atomic mass is 10.0. The molecule has 0 aliphatic carbocycles. The van der Waals surface area contributed by atoms with Crippen LogP contribution in [0.15, 0.2) is 54.9 Å². The molecule has 1 aromatic heterocycles. The van der Waals surface area contributed by atoms with Crippen molar-refractivity contribution in [3.05, 3.63) is 71.5 Å². The normalized spacial score (nSPS) is 10.7. The van der Waals surface area contributed by atoms with Crippen LogP contribution >= 0.6 is 0 Å². The summed E-state index contributed by atoms with van der Waals surface area (Å²) in [7, 11) is 0. The maximum atomic E-state index is 12.5. The summed E-state index contributed by atoms with van der Waals surface area (Å²) in [5, 5.41) is 0. The van der Waals surface area contributed by atoms with Crippen molar-refractivity contribution in [2.75, 3.05) is 0 Å². The number of fused-ring (bicyclic) bond motifs is 1. The Balaban J connectivity index is 1.97. The van der Waals surface area contributed by atoms with Gasteiger partial charge in [0.15, 0.2) is 5.78 Å². The molecule has 0 fully saturated rings. The lowest BCUT2D eigenvalue weighted by molar-refractivity contribution is 0.0994. The summed E-state index contributed by atoms with van der Waals surface area (Å²) in [6.07, 6.45) is 3.64. The quantitative estimate of drug-likeness (QED) is 0.680. The minimum absolute atomic E-state index is 0.0710. The van der Waals surface area contributed by atoms with Gasteiger partial charge in [0.1, 0.15) is 0 Å². The van der Waals surface area contributed by atoms with Crippen molar-refractivity contribution in [3.8, 4) is 0 Å². The molecule has 2 aromatic carbocycles. The molecule has 20 heavy (non-hydrogen) atoms. The number of hydrogen-bond donors (Lipinski definition) is 0. The average Bonchev–Trinajstić information content (AvgIpc) is 2.46. The van der Waals surface area contributed by atoms with Gasteiger partial charge in [0.25, 0.3) is 0 Å². The topological polar surface area (TPSA) is 42.9 Å². The molecule has 98 valence electrons. The van der Waals surface area contributed by atoms with E-state index in [0.29, 0.717) is 17.5 Å². The molecular weight excluding hydrogens is 248 g/mol. The Hall–Kier alpha value is -2.55. The third-order valence-corrected chi connectivity index (χ3v) is 3.25. The average molecular weight is 262 g/mol. The number of hydrogen-bond acceptors (Lipinski definition) is 3. The van der Waals surface area contributed by atoms with E-state index in [1.807, 2.05) is 49.4 Å². The molecule has 3 nitrogen and oxygen atoms in total. The molecule has 3 aromatic rings. The lowest BCUT2D eigenvalue weighted by Crippen LogP contribution is -2.05. The van der Waals surface area contributed by atoms with Crippen LogP contribution < -0.4 is 0 Å². The highest BCUT2D eigenvalue weighted by molar-refractivity contribution is 6.06. The molecule has 0 aliphatic heterocycles. The Bertz CT molecular complexity index is 775. The van der Waals surface area contributed by atoms with Crippen molar-refractivity contribution < 1.29 is 4.79 Å². The fourth-order valence-corrected chi connectivity index (χ4v) is 2.32. The maximum Gasteiger partial charge on any atom is 0.169 e. The van der Waals surface area contributed by atoms with Gasteiger partial charge < -0.3 is 0 Å². The molecule has 0 saturated carbocycles. The summed E-state index contributed by atoms with van der Waals surface area (Å²) < 4.78 is 0. The minimum atomic E-state index is 0.0710. The van der Waals surface area contributed by atoms with Crippen LogP contribution in [-0.2, 0) is 6.42 Å². The van der Waals surface area contributed by atoms with E-state index in [1.54, 1.807) is 12.4 Å². The van der Waals surface area contributed by atoms with Gasteiger partial charge in [-0.15, -0.1) is 0 Å². The fourth-order valence-electron chi connectivity index (χ4n) is 2.32. The first-order chi connectivity index (χ1) is 9.74. The molecule has 0 atom stereocenters. The van der Waals surface area contributed by atoms with Gasteiger partial charge in [-0.25, -0.2) is 0 Å². The summed E-state index contributed by atoms with van der Waals surface area (Å²) in [5.41, 5.74) is 4.25. The number of Topliss-reactive ketones (excluding diaryl/α,β-unsaturated/α-hetero) is 1. The van der Waals surface area contributed by atoms with Crippen LogP contribution in [0.2, 0.25) is 0 Å². The Morgan fingerprint density at radius 1 is 1.05 bits per heavy atom. The highest BCUT2D eigenvalue weighted by atomic mass is 16.1. The smallest absolute Gasteiger partial charge is 0.169 e. The number of carbonyl (C=O) groups is 1. The second kappa shape index (κ2) is 5.21. The molecule has 0 saturated heterocycles. The summed E-state index contributed by atoms with van der Waals surface area (Å²) >= 11 is 0. The molecule has 3 heteroatoms. The van der Waals surface area contributed by atoms with E-state index in [0.717, 1.165) is 16.6 Å². The number of rotatable bonds is 3. The number of nitrogens with zero attached hydrogens (tertiary/aromatic N) is 2. The zero-order valence-electron chi connectivity index (χ0n) is 11.2. The van der Waals surface area contributed by atoms with Crippen molar-refractivity contribution in [1.82, 2.24) is 9.97 Å². The van der Waals surface area contributed by atoms with Gasteiger partial charge in [-0.3, -0.25) is 14.8 Å². The summed E-state index contributed by atoms with van der Waals surface area (Å²) in [6, 6.07) is 13.5. The Morgan fingerprint density at radius 3 is 2.70 bits per heavy atom. The highest BCUT2D eigenvalue weighted by Crippen LogP contribution is 2.16. The molecule has 0 spiro atoms. The van der Waals surface area contributed by atoms with E-state index in [-0.39, 0.29) is 5.78 Å². The molecular formula is C17H14N2O. The third kappa shape index (κ3) is 2.43. The molecule has 0 unspecified atom stereocenters. The first kappa shape index (κ1) is 12.5. The van der Waals surface area contributed by atoms with E-state index in [4.69, 9.17) is 0 Å². The van der Waals surface area contributed by atoms with Crippen LogP contribution in [0.3, 0.4) is 0 Å². The monoisotopic (exact) mass is 262 g/mol. The van der Waals surface area contributed by atoms with Crippen LogP contribution in [0.1, 0.15) is 21.5 Å². The van der Waals surface area contributed by atoms with Gasteiger partial charge in [0.05, 0.1) is 11.0 Å². The molecule has 0 amide bonds. The number of carbonyl (C=O) groups excluding carboxylic acids is 1. The van der Waals surface area contributed by atoms with Crippen molar-refractivity contribution in [1.29, 1.82) is 0 Å². The largest absolute Gasteiger partial charge is 0.294 e. The molecule has 1 heterocycles. The number of para-hydroxylation sites is 1. The predicted octanol–water partition coefficient (Wildman–Crippen LogP) is 3.36. The SMILES string of the molecule is Cc1cccc(CC(=O)c2cccc3nccnc23)c1.